The quantitative estimate of drug-likeness (QED) is 0.576. The second-order valence-corrected chi connectivity index (χ2v) is 3.82. The Bertz CT molecular complexity index is 509. The minimum absolute atomic E-state index is 0.210. The molecule has 0 amide bonds. The lowest BCUT2D eigenvalue weighted by molar-refractivity contribution is -0.636. The molecule has 1 rings (SSSR count). The molecule has 0 aromatic heterocycles. The summed E-state index contributed by atoms with van der Waals surface area (Å²) >= 11 is 0. The van der Waals surface area contributed by atoms with Gasteiger partial charge in [-0.2, -0.15) is 14.3 Å². The van der Waals surface area contributed by atoms with Gasteiger partial charge >= 0.3 is 16.4 Å². The van der Waals surface area contributed by atoms with Gasteiger partial charge in [0.25, 0.3) is 0 Å². The van der Waals surface area contributed by atoms with Crippen molar-refractivity contribution in [3.05, 3.63) is 23.8 Å². The molecule has 0 fully saturated rings. The highest BCUT2D eigenvalue weighted by molar-refractivity contribution is 7.82. The molecular weight excluding hydrogens is 242 g/mol. The average molecular weight is 250 g/mol. The summed E-state index contributed by atoms with van der Waals surface area (Å²) in [7, 11) is -4.35. The van der Waals surface area contributed by atoms with Crippen molar-refractivity contribution in [2.75, 3.05) is 0 Å². The summed E-state index contributed by atoms with van der Waals surface area (Å²) < 4.78 is 29.6. The molecule has 0 atom stereocenters. The molecule has 1 aromatic rings. The number of hydrogen-bond donors (Lipinski definition) is 3. The van der Waals surface area contributed by atoms with E-state index in [4.69, 9.17) is 5.11 Å². The molecule has 9 heteroatoms. The largest absolute Gasteiger partial charge is 0.504 e. The van der Waals surface area contributed by atoms with E-state index < -0.39 is 27.9 Å². The van der Waals surface area contributed by atoms with Crippen molar-refractivity contribution < 1.29 is 37.8 Å². The molecule has 8 nitrogen and oxygen atoms in total. The van der Waals surface area contributed by atoms with Gasteiger partial charge in [0.2, 0.25) is 0 Å². The molecule has 0 aliphatic rings. The third-order valence-corrected chi connectivity index (χ3v) is 2.21. The molecule has 0 saturated carbocycles. The highest BCUT2D eigenvalue weighted by Crippen LogP contribution is 2.27. The number of phenols is 1. The Labute approximate surface area is 90.1 Å². The number of carboxylic acids is 1. The van der Waals surface area contributed by atoms with Gasteiger partial charge in [-0.3, -0.25) is 0 Å². The van der Waals surface area contributed by atoms with Gasteiger partial charge in [-0.25, -0.2) is 4.79 Å². The van der Waals surface area contributed by atoms with Crippen molar-refractivity contribution in [1.82, 2.24) is 0 Å². The van der Waals surface area contributed by atoms with Crippen molar-refractivity contribution in [2.24, 2.45) is 0 Å². The Morgan fingerprint density at radius 3 is 2.44 bits per heavy atom. The molecule has 5 N–H and O–H groups in total. The predicted octanol–water partition coefficient (Wildman–Crippen LogP) is -1.11. The van der Waals surface area contributed by atoms with Crippen LogP contribution in [0.1, 0.15) is 10.4 Å². The highest BCUT2D eigenvalue weighted by Gasteiger charge is 2.18. The molecule has 0 aliphatic heterocycles. The summed E-state index contributed by atoms with van der Waals surface area (Å²) in [4.78, 5) is 10.5. The molecule has 0 aliphatic carbocycles. The van der Waals surface area contributed by atoms with E-state index in [2.05, 4.69) is 14.4 Å². The number of aromatic hydroxyl groups is 1. The van der Waals surface area contributed by atoms with E-state index in [1.165, 1.54) is 0 Å². The number of quaternary nitrogens is 1. The number of phenolic OH excluding ortho intramolecular Hbond substituents is 1. The van der Waals surface area contributed by atoms with Crippen LogP contribution >= 0.6 is 0 Å². The van der Waals surface area contributed by atoms with Crippen molar-refractivity contribution in [1.29, 1.82) is 0 Å². The van der Waals surface area contributed by atoms with Crippen LogP contribution in [0.5, 0.6) is 11.5 Å². The lowest BCUT2D eigenvalue weighted by atomic mass is 10.2. The van der Waals surface area contributed by atoms with Crippen molar-refractivity contribution in [3.8, 4) is 11.5 Å². The van der Waals surface area contributed by atoms with Crippen LogP contribution in [0.25, 0.3) is 0 Å². The molecule has 0 bridgehead atoms. The van der Waals surface area contributed by atoms with Gasteiger partial charge in [0, 0.05) is 0 Å². The summed E-state index contributed by atoms with van der Waals surface area (Å²) in [6, 6.07) is 2.89. The molecule has 0 heterocycles. The number of carboxylic acid groups (broad SMARTS) is 1. The predicted molar refractivity (Wildman–Crippen MR) is 48.6 cm³/mol. The van der Waals surface area contributed by atoms with Gasteiger partial charge in [-0.15, -0.1) is 0 Å². The van der Waals surface area contributed by atoms with Crippen molar-refractivity contribution in [2.45, 2.75) is 0 Å². The smallest absolute Gasteiger partial charge is 0.495 e. The van der Waals surface area contributed by atoms with Gasteiger partial charge in [0.05, 0.1) is 5.56 Å². The van der Waals surface area contributed by atoms with Crippen molar-refractivity contribution >= 4 is 16.4 Å². The van der Waals surface area contributed by atoms with Gasteiger partial charge in [0.1, 0.15) is 0 Å². The van der Waals surface area contributed by atoms with Gasteiger partial charge in [0.15, 0.2) is 11.5 Å². The fourth-order valence-electron chi connectivity index (χ4n) is 0.855. The zero-order valence-electron chi connectivity index (χ0n) is 7.78. The van der Waals surface area contributed by atoms with Crippen LogP contribution in [0.15, 0.2) is 18.2 Å². The van der Waals surface area contributed by atoms with Crippen LogP contribution in [-0.2, 0) is 14.7 Å². The van der Waals surface area contributed by atoms with E-state index >= 15 is 0 Å². The summed E-state index contributed by atoms with van der Waals surface area (Å²) in [5.74, 6) is 0.286. The molecule has 0 radical (unpaired) electrons. The maximum atomic E-state index is 10.8. The van der Waals surface area contributed by atoms with Crippen LogP contribution < -0.4 is 10.1 Å². The standard InChI is InChI=1S/C7H7NO7S/c8-15-16(12,13)14-6-2-1-4(7(10)11)3-5(6)9/h1-3H,8H3,(H-,9,10,11)/p+1. The molecule has 0 unspecified atom stereocenters. The van der Waals surface area contributed by atoms with E-state index in [9.17, 15) is 18.3 Å². The van der Waals surface area contributed by atoms with Gasteiger partial charge < -0.3 is 14.4 Å². The Kier molecular flexibility index (Phi) is 3.32. The van der Waals surface area contributed by atoms with Crippen LogP contribution in [0.2, 0.25) is 0 Å². The maximum Gasteiger partial charge on any atom is 0.495 e. The molecular formula is C7H8NO7S+. The maximum absolute atomic E-state index is 10.8. The third kappa shape index (κ3) is 2.82. The molecule has 88 valence electrons. The number of hydrogen-bond acceptors (Lipinski definition) is 6. The molecule has 0 spiro atoms. The Morgan fingerprint density at radius 1 is 1.38 bits per heavy atom. The van der Waals surface area contributed by atoms with Crippen LogP contribution in [0.4, 0.5) is 0 Å². The van der Waals surface area contributed by atoms with Crippen LogP contribution in [-0.4, -0.2) is 24.6 Å². The van der Waals surface area contributed by atoms with E-state index in [0.717, 1.165) is 18.2 Å². The van der Waals surface area contributed by atoms with Gasteiger partial charge in [-0.05, 0) is 22.5 Å². The summed E-state index contributed by atoms with van der Waals surface area (Å²) in [6.07, 6.45) is 0. The Balaban J connectivity index is 3.05. The summed E-state index contributed by atoms with van der Waals surface area (Å²) in [5, 5.41) is 17.8. The van der Waals surface area contributed by atoms with Crippen LogP contribution in [0.3, 0.4) is 0 Å². The Hall–Kier alpha value is -1.84. The fourth-order valence-corrected chi connectivity index (χ4v) is 1.26. The number of carbonyl (C=O) groups is 1. The SMILES string of the molecule is [NH3+]OS(=O)(=O)Oc1ccc(C(=O)O)cc1O. The molecule has 16 heavy (non-hydrogen) atoms. The minimum atomic E-state index is -4.35. The fraction of sp³-hybridized carbons (Fsp3) is 0. The monoisotopic (exact) mass is 250 g/mol. The second kappa shape index (κ2) is 4.35. The Morgan fingerprint density at radius 2 is 2.00 bits per heavy atom. The van der Waals surface area contributed by atoms with E-state index in [0.29, 0.717) is 0 Å². The first-order chi connectivity index (χ1) is 7.35. The zero-order chi connectivity index (χ0) is 12.3. The normalized spacial score (nSPS) is 11.1. The van der Waals surface area contributed by atoms with Crippen molar-refractivity contribution in [3.63, 3.8) is 0 Å². The molecule has 1 aromatic carbocycles. The topological polar surface area (TPSA) is 138 Å². The lowest BCUT2D eigenvalue weighted by Gasteiger charge is -2.04. The number of rotatable bonds is 4. The highest BCUT2D eigenvalue weighted by atomic mass is 32.3. The summed E-state index contributed by atoms with van der Waals surface area (Å²) in [5.41, 5.74) is -0.210. The second-order valence-electron chi connectivity index (χ2n) is 2.60. The molecule has 0 saturated heterocycles. The average Bonchev–Trinajstić information content (AvgIpc) is 2.20. The number of aromatic carboxylic acids is 1. The van der Waals surface area contributed by atoms with E-state index in [1.54, 1.807) is 0 Å². The first kappa shape index (κ1) is 12.2. The first-order valence-corrected chi connectivity index (χ1v) is 5.13. The van der Waals surface area contributed by atoms with Crippen LogP contribution in [0, 0.1) is 0 Å². The van der Waals surface area contributed by atoms with Gasteiger partial charge in [-0.1, -0.05) is 0 Å². The number of benzene rings is 1. The first-order valence-electron chi connectivity index (χ1n) is 3.80. The van der Waals surface area contributed by atoms with E-state index in [1.807, 2.05) is 0 Å². The lowest BCUT2D eigenvalue weighted by Crippen LogP contribution is -2.52. The van der Waals surface area contributed by atoms with E-state index in [-0.39, 0.29) is 5.56 Å². The zero-order valence-corrected chi connectivity index (χ0v) is 8.60. The minimum Gasteiger partial charge on any atom is -0.504 e. The third-order valence-electron chi connectivity index (χ3n) is 1.54. The summed E-state index contributed by atoms with van der Waals surface area (Å²) in [6.45, 7) is 0.